The van der Waals surface area contributed by atoms with Crippen molar-refractivity contribution in [3.8, 4) is 11.5 Å². The van der Waals surface area contributed by atoms with E-state index in [-0.39, 0.29) is 17.3 Å². The monoisotopic (exact) mass is 416 g/mol. The first-order chi connectivity index (χ1) is 15.0. The van der Waals surface area contributed by atoms with Crippen molar-refractivity contribution in [3.63, 3.8) is 0 Å². The maximum Gasteiger partial charge on any atom is 0.160 e. The Balaban J connectivity index is 1.64. The highest BCUT2D eigenvalue weighted by molar-refractivity contribution is 5.42. The summed E-state index contributed by atoms with van der Waals surface area (Å²) in [4.78, 5) is 5.08. The average Bonchev–Trinajstić information content (AvgIpc) is 2.79. The number of phenolic OH excluding ortho intramolecular Hbond substituents is 1. The number of hydrogen-bond acceptors (Lipinski definition) is 4. The molecule has 4 nitrogen and oxygen atoms in total. The summed E-state index contributed by atoms with van der Waals surface area (Å²) < 4.78 is 5.34. The number of phenols is 1. The molecule has 4 rings (SSSR count). The van der Waals surface area contributed by atoms with Gasteiger partial charge in [-0.05, 0) is 49.2 Å². The second-order valence-corrected chi connectivity index (χ2v) is 8.80. The van der Waals surface area contributed by atoms with Gasteiger partial charge in [0.05, 0.1) is 13.2 Å². The van der Waals surface area contributed by atoms with Crippen molar-refractivity contribution in [3.05, 3.63) is 95.6 Å². The van der Waals surface area contributed by atoms with Crippen LogP contribution < -0.4 is 4.74 Å². The third kappa shape index (κ3) is 4.60. The van der Waals surface area contributed by atoms with Crippen molar-refractivity contribution >= 4 is 0 Å². The fourth-order valence-electron chi connectivity index (χ4n) is 4.75. The van der Waals surface area contributed by atoms with Gasteiger partial charge in [0.25, 0.3) is 0 Å². The van der Waals surface area contributed by atoms with Crippen molar-refractivity contribution in [2.24, 2.45) is 0 Å². The molecule has 1 atom stereocenters. The van der Waals surface area contributed by atoms with Crippen LogP contribution in [0.25, 0.3) is 0 Å². The maximum atomic E-state index is 9.98. The summed E-state index contributed by atoms with van der Waals surface area (Å²) in [5, 5.41) is 9.98. The number of nitrogens with zero attached hydrogens (tertiary/aromatic N) is 2. The molecular formula is C27H32N2O2. The minimum atomic E-state index is -0.0396. The number of rotatable bonds is 6. The van der Waals surface area contributed by atoms with E-state index in [1.807, 2.05) is 12.1 Å². The molecule has 1 heterocycles. The van der Waals surface area contributed by atoms with Gasteiger partial charge in [-0.3, -0.25) is 9.80 Å². The van der Waals surface area contributed by atoms with E-state index in [1.165, 1.54) is 16.7 Å². The zero-order chi connectivity index (χ0) is 21.8. The molecule has 3 aromatic rings. The Kier molecular flexibility index (Phi) is 6.30. The molecule has 0 spiro atoms. The molecule has 1 saturated heterocycles. The fourth-order valence-corrected chi connectivity index (χ4v) is 4.75. The number of likely N-dealkylation sites (N-methyl/N-ethyl adjacent to an activating group) is 1. The Morgan fingerprint density at radius 2 is 1.55 bits per heavy atom. The molecule has 1 fully saturated rings. The third-order valence-electron chi connectivity index (χ3n) is 6.61. The quantitative estimate of drug-likeness (QED) is 0.630. The summed E-state index contributed by atoms with van der Waals surface area (Å²) in [5.41, 5.74) is 3.78. The summed E-state index contributed by atoms with van der Waals surface area (Å²) in [5.74, 6) is 0.714. The number of methoxy groups -OCH3 is 1. The molecule has 0 bridgehead atoms. The Bertz CT molecular complexity index is 953. The van der Waals surface area contributed by atoms with E-state index in [1.54, 1.807) is 13.2 Å². The van der Waals surface area contributed by atoms with E-state index in [9.17, 15) is 5.11 Å². The van der Waals surface area contributed by atoms with Crippen LogP contribution in [-0.4, -0.2) is 54.2 Å². The van der Waals surface area contributed by atoms with Gasteiger partial charge in [0.1, 0.15) is 0 Å². The molecule has 162 valence electrons. The van der Waals surface area contributed by atoms with Gasteiger partial charge in [0.15, 0.2) is 11.5 Å². The summed E-state index contributed by atoms with van der Waals surface area (Å²) in [6.45, 7) is 5.30. The Morgan fingerprint density at radius 3 is 2.13 bits per heavy atom. The molecule has 0 aromatic heterocycles. The standard InChI is InChI=1S/C27H32N2O2/c1-27(19-21-14-15-24(30)25(18-21)31-3)20-29(17-16-28(27)2)26(22-10-6-4-7-11-22)23-12-8-5-9-13-23/h4-15,18,26,30H,16-17,19-20H2,1-3H3. The van der Waals surface area contributed by atoms with Gasteiger partial charge in [-0.1, -0.05) is 66.7 Å². The molecule has 1 N–H and O–H groups in total. The van der Waals surface area contributed by atoms with Crippen LogP contribution in [0.1, 0.15) is 29.7 Å². The van der Waals surface area contributed by atoms with Crippen molar-refractivity contribution in [2.45, 2.75) is 24.9 Å². The summed E-state index contributed by atoms with van der Waals surface area (Å²) in [6.07, 6.45) is 0.882. The lowest BCUT2D eigenvalue weighted by atomic mass is 9.86. The van der Waals surface area contributed by atoms with Crippen LogP contribution in [0.15, 0.2) is 78.9 Å². The van der Waals surface area contributed by atoms with E-state index in [4.69, 9.17) is 4.74 Å². The SMILES string of the molecule is COc1cc(CC2(C)CN(C(c3ccccc3)c3ccccc3)CCN2C)ccc1O. The normalized spacial score (nSPS) is 20.1. The summed E-state index contributed by atoms with van der Waals surface area (Å²) >= 11 is 0. The first-order valence-electron chi connectivity index (χ1n) is 10.9. The number of ether oxygens (including phenoxy) is 1. The maximum absolute atomic E-state index is 9.98. The van der Waals surface area contributed by atoms with Crippen molar-refractivity contribution in [2.75, 3.05) is 33.8 Å². The molecule has 0 saturated carbocycles. The van der Waals surface area contributed by atoms with Crippen LogP contribution in [0.5, 0.6) is 11.5 Å². The second kappa shape index (κ2) is 9.13. The predicted molar refractivity (Wildman–Crippen MR) is 126 cm³/mol. The highest BCUT2D eigenvalue weighted by Gasteiger charge is 2.38. The second-order valence-electron chi connectivity index (χ2n) is 8.80. The Labute approximate surface area is 185 Å². The van der Waals surface area contributed by atoms with E-state index < -0.39 is 0 Å². The van der Waals surface area contributed by atoms with Gasteiger partial charge in [0, 0.05) is 25.2 Å². The van der Waals surface area contributed by atoms with E-state index in [2.05, 4.69) is 84.4 Å². The first-order valence-corrected chi connectivity index (χ1v) is 10.9. The average molecular weight is 417 g/mol. The van der Waals surface area contributed by atoms with Crippen molar-refractivity contribution < 1.29 is 9.84 Å². The fraction of sp³-hybridized carbons (Fsp3) is 0.333. The highest BCUT2D eigenvalue weighted by Crippen LogP contribution is 2.35. The number of aromatic hydroxyl groups is 1. The molecule has 31 heavy (non-hydrogen) atoms. The van der Waals surface area contributed by atoms with Crippen LogP contribution in [-0.2, 0) is 6.42 Å². The van der Waals surface area contributed by atoms with Gasteiger partial charge in [-0.15, -0.1) is 0 Å². The molecule has 1 aliphatic heterocycles. The zero-order valence-electron chi connectivity index (χ0n) is 18.7. The summed E-state index contributed by atoms with van der Waals surface area (Å²) in [6, 6.07) is 27.5. The highest BCUT2D eigenvalue weighted by atomic mass is 16.5. The molecule has 0 radical (unpaired) electrons. The molecule has 4 heteroatoms. The minimum absolute atomic E-state index is 0.0396. The van der Waals surface area contributed by atoms with Gasteiger partial charge >= 0.3 is 0 Å². The molecule has 1 unspecified atom stereocenters. The smallest absolute Gasteiger partial charge is 0.160 e. The van der Waals surface area contributed by atoms with Crippen LogP contribution in [0.3, 0.4) is 0 Å². The number of piperazine rings is 1. The Morgan fingerprint density at radius 1 is 0.935 bits per heavy atom. The van der Waals surface area contributed by atoms with E-state index in [0.29, 0.717) is 5.75 Å². The largest absolute Gasteiger partial charge is 0.504 e. The molecule has 0 amide bonds. The Hall–Kier alpha value is -2.82. The van der Waals surface area contributed by atoms with Crippen LogP contribution in [0.4, 0.5) is 0 Å². The van der Waals surface area contributed by atoms with Gasteiger partial charge in [-0.25, -0.2) is 0 Å². The molecular weight excluding hydrogens is 384 g/mol. The van der Waals surface area contributed by atoms with Crippen molar-refractivity contribution in [1.82, 2.24) is 9.80 Å². The molecule has 1 aliphatic rings. The molecule has 3 aromatic carbocycles. The van der Waals surface area contributed by atoms with Crippen LogP contribution in [0, 0.1) is 0 Å². The number of benzene rings is 3. The van der Waals surface area contributed by atoms with Gasteiger partial charge in [0.2, 0.25) is 0 Å². The summed E-state index contributed by atoms with van der Waals surface area (Å²) in [7, 11) is 3.81. The van der Waals surface area contributed by atoms with Crippen LogP contribution in [0.2, 0.25) is 0 Å². The van der Waals surface area contributed by atoms with Gasteiger partial charge in [-0.2, -0.15) is 0 Å². The van der Waals surface area contributed by atoms with Gasteiger partial charge < -0.3 is 9.84 Å². The third-order valence-corrected chi connectivity index (χ3v) is 6.61. The minimum Gasteiger partial charge on any atom is -0.504 e. The topological polar surface area (TPSA) is 35.9 Å². The number of hydrogen-bond donors (Lipinski definition) is 1. The predicted octanol–water partition coefficient (Wildman–Crippen LogP) is 4.74. The lowest BCUT2D eigenvalue weighted by Gasteiger charge is -2.50. The molecule has 0 aliphatic carbocycles. The van der Waals surface area contributed by atoms with Crippen molar-refractivity contribution in [1.29, 1.82) is 0 Å². The zero-order valence-corrected chi connectivity index (χ0v) is 18.7. The lowest BCUT2D eigenvalue weighted by molar-refractivity contribution is 0.0133. The van der Waals surface area contributed by atoms with E-state index in [0.717, 1.165) is 26.1 Å². The lowest BCUT2D eigenvalue weighted by Crippen LogP contribution is -2.60. The van der Waals surface area contributed by atoms with E-state index >= 15 is 0 Å². The van der Waals surface area contributed by atoms with Crippen LogP contribution >= 0.6 is 0 Å². The first kappa shape index (κ1) is 21.4.